The molecule has 0 radical (unpaired) electrons. The van der Waals surface area contributed by atoms with E-state index in [9.17, 15) is 4.79 Å². The molecule has 0 saturated carbocycles. The van der Waals surface area contributed by atoms with Gasteiger partial charge in [0.25, 0.3) is 5.56 Å². The maximum Gasteiger partial charge on any atom is 0.263 e. The second-order valence-electron chi connectivity index (χ2n) is 5.49. The second-order valence-corrected chi connectivity index (χ2v) is 5.49. The molecule has 0 atom stereocenters. The number of nitrogens with zero attached hydrogens (tertiary/aromatic N) is 2. The SMILES string of the molecule is CCCc1c(C(C)C)nc2[nH]c3ccccc3n2c1=O. The van der Waals surface area contributed by atoms with E-state index in [-0.39, 0.29) is 11.5 Å². The van der Waals surface area contributed by atoms with Crippen molar-refractivity contribution in [2.75, 3.05) is 0 Å². The molecule has 4 nitrogen and oxygen atoms in total. The summed E-state index contributed by atoms with van der Waals surface area (Å²) in [7, 11) is 0. The number of aromatic nitrogens is 3. The van der Waals surface area contributed by atoms with E-state index in [4.69, 9.17) is 4.98 Å². The highest BCUT2D eigenvalue weighted by atomic mass is 16.1. The molecule has 0 bridgehead atoms. The average Bonchev–Trinajstić information content (AvgIpc) is 2.80. The summed E-state index contributed by atoms with van der Waals surface area (Å²) in [5.74, 6) is 0.889. The third kappa shape index (κ3) is 1.83. The van der Waals surface area contributed by atoms with Gasteiger partial charge < -0.3 is 4.98 Å². The maximum absolute atomic E-state index is 12.8. The smallest absolute Gasteiger partial charge is 0.263 e. The fourth-order valence-electron chi connectivity index (χ4n) is 2.74. The molecular formula is C16H19N3O. The van der Waals surface area contributed by atoms with Crippen molar-refractivity contribution in [1.29, 1.82) is 0 Å². The lowest BCUT2D eigenvalue weighted by atomic mass is 10.0. The topological polar surface area (TPSA) is 50.2 Å². The molecule has 2 heterocycles. The van der Waals surface area contributed by atoms with Crippen molar-refractivity contribution in [3.63, 3.8) is 0 Å². The van der Waals surface area contributed by atoms with Crippen LogP contribution in [0.1, 0.15) is 44.4 Å². The molecule has 4 heteroatoms. The number of benzene rings is 1. The summed E-state index contributed by atoms with van der Waals surface area (Å²) in [6.45, 7) is 6.26. The first-order valence-corrected chi connectivity index (χ1v) is 7.15. The normalized spacial score (nSPS) is 11.8. The van der Waals surface area contributed by atoms with Gasteiger partial charge in [-0.1, -0.05) is 39.3 Å². The fourth-order valence-corrected chi connectivity index (χ4v) is 2.74. The first-order valence-electron chi connectivity index (χ1n) is 7.15. The molecule has 3 rings (SSSR count). The zero-order chi connectivity index (χ0) is 14.3. The van der Waals surface area contributed by atoms with Crippen LogP contribution in [0.25, 0.3) is 16.8 Å². The van der Waals surface area contributed by atoms with E-state index >= 15 is 0 Å². The van der Waals surface area contributed by atoms with E-state index in [1.807, 2.05) is 24.3 Å². The molecule has 20 heavy (non-hydrogen) atoms. The number of hydrogen-bond acceptors (Lipinski definition) is 2. The van der Waals surface area contributed by atoms with Gasteiger partial charge >= 0.3 is 0 Å². The van der Waals surface area contributed by atoms with E-state index in [0.29, 0.717) is 5.78 Å². The van der Waals surface area contributed by atoms with Gasteiger partial charge in [-0.3, -0.25) is 4.79 Å². The second kappa shape index (κ2) is 4.78. The van der Waals surface area contributed by atoms with Gasteiger partial charge in [-0.2, -0.15) is 0 Å². The third-order valence-corrected chi connectivity index (χ3v) is 3.65. The molecule has 1 N–H and O–H groups in total. The summed E-state index contributed by atoms with van der Waals surface area (Å²) in [6.07, 6.45) is 1.73. The van der Waals surface area contributed by atoms with Crippen molar-refractivity contribution in [3.05, 3.63) is 45.9 Å². The van der Waals surface area contributed by atoms with Gasteiger partial charge in [-0.25, -0.2) is 9.38 Å². The summed E-state index contributed by atoms with van der Waals surface area (Å²) in [6, 6.07) is 7.82. The standard InChI is InChI=1S/C16H19N3O/c1-4-7-11-14(10(2)3)18-16-17-12-8-5-6-9-13(12)19(16)15(11)20/h5-6,8-10H,4,7H2,1-3H3,(H,17,18). The molecule has 2 aromatic heterocycles. The number of hydrogen-bond donors (Lipinski definition) is 1. The first kappa shape index (κ1) is 12.9. The number of aromatic amines is 1. The van der Waals surface area contributed by atoms with E-state index in [2.05, 4.69) is 25.8 Å². The molecule has 0 saturated heterocycles. The van der Waals surface area contributed by atoms with Gasteiger partial charge in [-0.05, 0) is 24.5 Å². The number of para-hydroxylation sites is 2. The summed E-state index contributed by atoms with van der Waals surface area (Å²) in [5, 5.41) is 0. The highest BCUT2D eigenvalue weighted by Gasteiger charge is 2.17. The fraction of sp³-hybridized carbons (Fsp3) is 0.375. The van der Waals surface area contributed by atoms with Crippen LogP contribution < -0.4 is 5.56 Å². The minimum atomic E-state index is 0.0676. The Kier molecular flexibility index (Phi) is 3.08. The van der Waals surface area contributed by atoms with E-state index in [1.165, 1.54) is 0 Å². The van der Waals surface area contributed by atoms with Crippen LogP contribution in [0, 0.1) is 0 Å². The largest absolute Gasteiger partial charge is 0.323 e. The summed E-state index contributed by atoms with van der Waals surface area (Å²) < 4.78 is 1.70. The van der Waals surface area contributed by atoms with Gasteiger partial charge in [0.05, 0.1) is 16.7 Å². The zero-order valence-electron chi connectivity index (χ0n) is 12.1. The Morgan fingerprint density at radius 2 is 2.05 bits per heavy atom. The van der Waals surface area contributed by atoms with Crippen LogP contribution >= 0.6 is 0 Å². The molecule has 0 unspecified atom stereocenters. The summed E-state index contributed by atoms with van der Waals surface area (Å²) in [4.78, 5) is 20.8. The zero-order valence-corrected chi connectivity index (χ0v) is 12.1. The van der Waals surface area contributed by atoms with E-state index in [1.54, 1.807) is 4.40 Å². The van der Waals surface area contributed by atoms with Crippen molar-refractivity contribution in [2.45, 2.75) is 39.5 Å². The Labute approximate surface area is 117 Å². The Morgan fingerprint density at radius 1 is 1.30 bits per heavy atom. The molecule has 3 aromatic rings. The van der Waals surface area contributed by atoms with Gasteiger partial charge in [-0.15, -0.1) is 0 Å². The molecule has 0 aliphatic heterocycles. The van der Waals surface area contributed by atoms with Gasteiger partial charge in [0.2, 0.25) is 5.78 Å². The predicted octanol–water partition coefficient (Wildman–Crippen LogP) is 3.25. The van der Waals surface area contributed by atoms with Crippen LogP contribution in [0.2, 0.25) is 0 Å². The van der Waals surface area contributed by atoms with Crippen molar-refractivity contribution in [3.8, 4) is 0 Å². The lowest BCUT2D eigenvalue weighted by Crippen LogP contribution is -2.22. The Bertz CT molecular complexity index is 827. The van der Waals surface area contributed by atoms with Crippen molar-refractivity contribution >= 4 is 16.8 Å². The van der Waals surface area contributed by atoms with Gasteiger partial charge in [0.1, 0.15) is 0 Å². The number of H-pyrrole nitrogens is 1. The quantitative estimate of drug-likeness (QED) is 0.793. The maximum atomic E-state index is 12.8. The molecule has 0 amide bonds. The molecule has 104 valence electrons. The monoisotopic (exact) mass is 269 g/mol. The van der Waals surface area contributed by atoms with Crippen LogP contribution in [-0.4, -0.2) is 14.4 Å². The molecule has 1 aromatic carbocycles. The molecule has 0 spiro atoms. The molecule has 0 fully saturated rings. The van der Waals surface area contributed by atoms with Crippen LogP contribution in [-0.2, 0) is 6.42 Å². The summed E-state index contributed by atoms with van der Waals surface area (Å²) in [5.41, 5.74) is 3.68. The first-order chi connectivity index (χ1) is 9.63. The average molecular weight is 269 g/mol. The van der Waals surface area contributed by atoms with Crippen molar-refractivity contribution < 1.29 is 0 Å². The molecule has 0 aliphatic carbocycles. The minimum absolute atomic E-state index is 0.0676. The number of rotatable bonds is 3. The summed E-state index contributed by atoms with van der Waals surface area (Å²) >= 11 is 0. The van der Waals surface area contributed by atoms with Gasteiger partial charge in [0.15, 0.2) is 0 Å². The Morgan fingerprint density at radius 3 is 2.75 bits per heavy atom. The van der Waals surface area contributed by atoms with Gasteiger partial charge in [0, 0.05) is 5.56 Å². The lowest BCUT2D eigenvalue weighted by molar-refractivity contribution is 0.764. The number of imidazole rings is 1. The van der Waals surface area contributed by atoms with Crippen molar-refractivity contribution in [1.82, 2.24) is 14.4 Å². The van der Waals surface area contributed by atoms with Crippen molar-refractivity contribution in [2.24, 2.45) is 0 Å². The lowest BCUT2D eigenvalue weighted by Gasteiger charge is -2.10. The highest BCUT2D eigenvalue weighted by molar-refractivity contribution is 5.79. The Hall–Kier alpha value is -2.10. The van der Waals surface area contributed by atoms with Crippen LogP contribution in [0.3, 0.4) is 0 Å². The van der Waals surface area contributed by atoms with E-state index in [0.717, 1.165) is 35.1 Å². The highest BCUT2D eigenvalue weighted by Crippen LogP contribution is 2.19. The Balaban J connectivity index is 2.46. The predicted molar refractivity (Wildman–Crippen MR) is 81.4 cm³/mol. The molecule has 0 aliphatic rings. The number of fused-ring (bicyclic) bond motifs is 3. The van der Waals surface area contributed by atoms with Crippen LogP contribution in [0.5, 0.6) is 0 Å². The third-order valence-electron chi connectivity index (χ3n) is 3.65. The van der Waals surface area contributed by atoms with Crippen LogP contribution in [0.15, 0.2) is 29.1 Å². The molecular weight excluding hydrogens is 250 g/mol. The minimum Gasteiger partial charge on any atom is -0.323 e. The van der Waals surface area contributed by atoms with E-state index < -0.39 is 0 Å². The number of nitrogens with one attached hydrogen (secondary N) is 1. The van der Waals surface area contributed by atoms with Crippen LogP contribution in [0.4, 0.5) is 0 Å².